The van der Waals surface area contributed by atoms with E-state index < -0.39 is 5.97 Å². The number of hydrogen-bond donors (Lipinski definition) is 1. The SMILES string of the molecule is C#Cc1ccc(C(=O)N2CCOCC2)cc1.C#Cc1ccc(C(=O)O)cc1. The Hall–Kier alpha value is -3.54. The number of ether oxygens (including phenoxy) is 1. The number of carboxylic acids is 1. The lowest BCUT2D eigenvalue weighted by molar-refractivity contribution is 0.0303. The maximum absolute atomic E-state index is 12.0. The number of carbonyl (C=O) groups is 2. The molecule has 5 heteroatoms. The molecule has 1 aliphatic rings. The molecule has 1 saturated heterocycles. The Morgan fingerprint density at radius 1 is 0.852 bits per heavy atom. The molecule has 1 fully saturated rings. The molecule has 0 saturated carbocycles. The molecule has 1 N–H and O–H groups in total. The molecule has 0 spiro atoms. The molecule has 5 nitrogen and oxygen atoms in total. The second kappa shape index (κ2) is 9.82. The zero-order valence-electron chi connectivity index (χ0n) is 14.7. The average Bonchev–Trinajstić information content (AvgIpc) is 2.74. The number of aromatic carboxylic acids is 1. The van der Waals surface area contributed by atoms with E-state index in [1.54, 1.807) is 41.3 Å². The van der Waals surface area contributed by atoms with Crippen LogP contribution in [-0.2, 0) is 4.74 Å². The molecule has 0 aliphatic carbocycles. The van der Waals surface area contributed by atoms with Crippen LogP contribution in [0.25, 0.3) is 0 Å². The summed E-state index contributed by atoms with van der Waals surface area (Å²) in [7, 11) is 0. The van der Waals surface area contributed by atoms with Crippen molar-refractivity contribution < 1.29 is 19.4 Å². The van der Waals surface area contributed by atoms with Crippen molar-refractivity contribution in [2.45, 2.75) is 0 Å². The summed E-state index contributed by atoms with van der Waals surface area (Å²) in [6.07, 6.45) is 10.3. The third-order valence-electron chi connectivity index (χ3n) is 3.90. The van der Waals surface area contributed by atoms with Crippen LogP contribution in [-0.4, -0.2) is 48.2 Å². The van der Waals surface area contributed by atoms with Gasteiger partial charge in [-0.15, -0.1) is 12.8 Å². The van der Waals surface area contributed by atoms with Gasteiger partial charge in [0.15, 0.2) is 0 Å². The normalized spacial score (nSPS) is 12.7. The summed E-state index contributed by atoms with van der Waals surface area (Å²) in [6, 6.07) is 13.3. The summed E-state index contributed by atoms with van der Waals surface area (Å²) in [5, 5.41) is 8.50. The van der Waals surface area contributed by atoms with E-state index in [0.29, 0.717) is 37.4 Å². The van der Waals surface area contributed by atoms with E-state index in [9.17, 15) is 9.59 Å². The molecule has 0 radical (unpaired) electrons. The smallest absolute Gasteiger partial charge is 0.335 e. The molecule has 3 rings (SSSR count). The number of morpholine rings is 1. The highest BCUT2D eigenvalue weighted by Gasteiger charge is 2.17. The van der Waals surface area contributed by atoms with Crippen molar-refractivity contribution in [2.75, 3.05) is 26.3 Å². The summed E-state index contributed by atoms with van der Waals surface area (Å²) in [5.74, 6) is 4.04. The van der Waals surface area contributed by atoms with Gasteiger partial charge in [0.2, 0.25) is 0 Å². The van der Waals surface area contributed by atoms with E-state index in [-0.39, 0.29) is 11.5 Å². The summed E-state index contributed by atoms with van der Waals surface area (Å²) < 4.78 is 5.20. The molecule has 2 aromatic rings. The Kier molecular flexibility index (Phi) is 7.19. The predicted octanol–water partition coefficient (Wildman–Crippen LogP) is 2.51. The fourth-order valence-electron chi connectivity index (χ4n) is 2.37. The Balaban J connectivity index is 0.000000208. The lowest BCUT2D eigenvalue weighted by Crippen LogP contribution is -2.40. The number of nitrogens with zero attached hydrogens (tertiary/aromatic N) is 1. The molecule has 27 heavy (non-hydrogen) atoms. The van der Waals surface area contributed by atoms with Crippen LogP contribution in [0.5, 0.6) is 0 Å². The van der Waals surface area contributed by atoms with Crippen LogP contribution in [0.3, 0.4) is 0 Å². The maximum Gasteiger partial charge on any atom is 0.335 e. The third kappa shape index (κ3) is 5.74. The summed E-state index contributed by atoms with van der Waals surface area (Å²) in [5.41, 5.74) is 2.42. The highest BCUT2D eigenvalue weighted by molar-refractivity contribution is 5.94. The number of benzene rings is 2. The molecule has 2 aromatic carbocycles. The number of terminal acetylenes is 2. The summed E-state index contributed by atoms with van der Waals surface area (Å²) >= 11 is 0. The monoisotopic (exact) mass is 361 g/mol. The van der Waals surface area contributed by atoms with Crippen molar-refractivity contribution in [1.29, 1.82) is 0 Å². The van der Waals surface area contributed by atoms with E-state index in [0.717, 1.165) is 5.56 Å². The lowest BCUT2D eigenvalue weighted by atomic mass is 10.1. The number of rotatable bonds is 2. The fraction of sp³-hybridized carbons (Fsp3) is 0.182. The molecule has 0 unspecified atom stereocenters. The van der Waals surface area contributed by atoms with Crippen LogP contribution in [0.4, 0.5) is 0 Å². The minimum atomic E-state index is -0.937. The minimum absolute atomic E-state index is 0.0480. The molecule has 0 bridgehead atoms. The zero-order chi connectivity index (χ0) is 19.6. The first-order chi connectivity index (χ1) is 13.0. The first kappa shape index (κ1) is 19.8. The van der Waals surface area contributed by atoms with Gasteiger partial charge in [0.1, 0.15) is 0 Å². The van der Waals surface area contributed by atoms with Crippen molar-refractivity contribution in [3.8, 4) is 24.7 Å². The van der Waals surface area contributed by atoms with Crippen molar-refractivity contribution in [2.24, 2.45) is 0 Å². The molecule has 0 aromatic heterocycles. The highest BCUT2D eigenvalue weighted by atomic mass is 16.5. The van der Waals surface area contributed by atoms with Gasteiger partial charge in [0.25, 0.3) is 5.91 Å². The Morgan fingerprint density at radius 2 is 1.30 bits per heavy atom. The van der Waals surface area contributed by atoms with Crippen LogP contribution in [0.15, 0.2) is 48.5 Å². The van der Waals surface area contributed by atoms with Crippen molar-refractivity contribution >= 4 is 11.9 Å². The van der Waals surface area contributed by atoms with Gasteiger partial charge < -0.3 is 14.7 Å². The second-order valence-corrected chi connectivity index (χ2v) is 5.65. The number of amides is 1. The average molecular weight is 361 g/mol. The first-order valence-electron chi connectivity index (χ1n) is 8.29. The van der Waals surface area contributed by atoms with Gasteiger partial charge in [0, 0.05) is 29.8 Å². The maximum atomic E-state index is 12.0. The van der Waals surface area contributed by atoms with Gasteiger partial charge >= 0.3 is 5.97 Å². The molecule has 1 amide bonds. The molecule has 1 heterocycles. The Bertz CT molecular complexity index is 865. The second-order valence-electron chi connectivity index (χ2n) is 5.65. The standard InChI is InChI=1S/C13H13NO2.C9H6O2/c1-2-11-3-5-12(6-4-11)13(15)14-7-9-16-10-8-14;1-2-7-3-5-8(6-4-7)9(10)11/h1,3-6H,7-10H2;1,3-6H,(H,10,11). The van der Waals surface area contributed by atoms with E-state index in [4.69, 9.17) is 22.7 Å². The molecule has 1 aliphatic heterocycles. The summed E-state index contributed by atoms with van der Waals surface area (Å²) in [4.78, 5) is 24.2. The fourth-order valence-corrected chi connectivity index (χ4v) is 2.37. The van der Waals surface area contributed by atoms with Gasteiger partial charge in [-0.05, 0) is 48.5 Å². The van der Waals surface area contributed by atoms with Crippen LogP contribution in [0.1, 0.15) is 31.8 Å². The third-order valence-corrected chi connectivity index (χ3v) is 3.90. The number of carbonyl (C=O) groups excluding carboxylic acids is 1. The van der Waals surface area contributed by atoms with Crippen molar-refractivity contribution in [1.82, 2.24) is 4.90 Å². The Morgan fingerprint density at radius 3 is 1.70 bits per heavy atom. The Labute approximate surface area is 158 Å². The topological polar surface area (TPSA) is 66.8 Å². The molecular formula is C22H19NO4. The van der Waals surface area contributed by atoms with E-state index in [2.05, 4.69) is 11.8 Å². The van der Waals surface area contributed by atoms with E-state index in [1.165, 1.54) is 12.1 Å². The minimum Gasteiger partial charge on any atom is -0.478 e. The molecule has 0 atom stereocenters. The largest absolute Gasteiger partial charge is 0.478 e. The van der Waals surface area contributed by atoms with Crippen LogP contribution >= 0.6 is 0 Å². The van der Waals surface area contributed by atoms with E-state index in [1.807, 2.05) is 0 Å². The van der Waals surface area contributed by atoms with Crippen molar-refractivity contribution in [3.63, 3.8) is 0 Å². The van der Waals surface area contributed by atoms with Crippen molar-refractivity contribution in [3.05, 3.63) is 70.8 Å². The van der Waals surface area contributed by atoms with Gasteiger partial charge in [0.05, 0.1) is 18.8 Å². The van der Waals surface area contributed by atoms with Gasteiger partial charge in [-0.1, -0.05) is 11.8 Å². The number of hydrogen-bond acceptors (Lipinski definition) is 3. The van der Waals surface area contributed by atoms with Gasteiger partial charge in [-0.25, -0.2) is 4.79 Å². The molecule has 136 valence electrons. The predicted molar refractivity (Wildman–Crippen MR) is 102 cm³/mol. The zero-order valence-corrected chi connectivity index (χ0v) is 14.7. The molecular weight excluding hydrogens is 342 g/mol. The van der Waals surface area contributed by atoms with E-state index >= 15 is 0 Å². The van der Waals surface area contributed by atoms with Crippen LogP contribution in [0, 0.1) is 24.7 Å². The van der Waals surface area contributed by atoms with Crippen LogP contribution in [0.2, 0.25) is 0 Å². The van der Waals surface area contributed by atoms with Crippen LogP contribution < -0.4 is 0 Å². The van der Waals surface area contributed by atoms with Gasteiger partial charge in [-0.3, -0.25) is 4.79 Å². The lowest BCUT2D eigenvalue weighted by Gasteiger charge is -2.26. The number of carboxylic acid groups (broad SMARTS) is 1. The van der Waals surface area contributed by atoms with Gasteiger partial charge in [-0.2, -0.15) is 0 Å². The summed E-state index contributed by atoms with van der Waals surface area (Å²) in [6.45, 7) is 2.56. The highest BCUT2D eigenvalue weighted by Crippen LogP contribution is 2.09. The first-order valence-corrected chi connectivity index (χ1v) is 8.29. The quantitative estimate of drug-likeness (QED) is 0.835.